The summed E-state index contributed by atoms with van der Waals surface area (Å²) in [7, 11) is 0. The minimum atomic E-state index is -2.82. The van der Waals surface area contributed by atoms with Gasteiger partial charge >= 0.3 is 0 Å². The largest absolute Gasteiger partial charge is 0.394 e. The van der Waals surface area contributed by atoms with Crippen molar-refractivity contribution < 1.29 is 149 Å². The minimum absolute atomic E-state index is 1.00. The molecular weight excluding hydrogens is 912 g/mol. The SMILES string of the molecule is OC[C@H]1O[C@]2(CO[C@]3(CO[C@]4(CO[C@]5(CO[C@]6(CO[C@]7(CO2)O[C@H](CO)[C@@H](O)[C@@H]7O)O[C@H](CO)[C@@H](O)[C@@H]6O)O[C@H](CO)[C@@H](O)[C@@H]5O)O[C@H](CO)[C@@H](O)[C@@H]4O)O[C@H](CO)[C@@H](O)[C@@H]3O)[C@@H](O)[C@@H]1O. The summed E-state index contributed by atoms with van der Waals surface area (Å²) in [6, 6.07) is 0. The minimum Gasteiger partial charge on any atom is -0.394 e. The van der Waals surface area contributed by atoms with Gasteiger partial charge in [0.25, 0.3) is 0 Å². The predicted octanol–water partition coefficient (Wildman–Crippen LogP) is -13.0. The number of aliphatic hydroxyl groups excluding tert-OH is 18. The lowest BCUT2D eigenvalue weighted by Gasteiger charge is -2.44. The van der Waals surface area contributed by atoms with Crippen LogP contribution in [0.3, 0.4) is 0 Å². The Morgan fingerprint density at radius 1 is 0.242 bits per heavy atom. The predicted molar refractivity (Wildman–Crippen MR) is 196 cm³/mol. The molecule has 0 bridgehead atoms. The van der Waals surface area contributed by atoms with Gasteiger partial charge in [0, 0.05) is 0 Å². The van der Waals surface area contributed by atoms with E-state index in [2.05, 4.69) is 0 Å². The molecule has 7 aliphatic heterocycles. The number of ether oxygens (including phenoxy) is 12. The molecule has 384 valence electrons. The Morgan fingerprint density at radius 3 is 0.455 bits per heavy atom. The molecule has 0 unspecified atom stereocenters. The zero-order chi connectivity index (χ0) is 48.4. The van der Waals surface area contributed by atoms with E-state index in [9.17, 15) is 91.9 Å². The summed E-state index contributed by atoms with van der Waals surface area (Å²) in [6.07, 6.45) is -36.0. The molecule has 0 aromatic carbocycles. The van der Waals surface area contributed by atoms with Crippen molar-refractivity contribution in [2.45, 2.75) is 145 Å². The third-order valence-corrected chi connectivity index (χ3v) is 13.2. The quantitative estimate of drug-likeness (QED) is 0.117. The first-order chi connectivity index (χ1) is 31.2. The zero-order valence-corrected chi connectivity index (χ0v) is 34.8. The Kier molecular flexibility index (Phi) is 15.8. The molecule has 30 heteroatoms. The average Bonchev–Trinajstić information content (AvgIpc) is 4.05. The molecule has 7 aliphatic rings. The Labute approximate surface area is 372 Å². The second-order valence-electron chi connectivity index (χ2n) is 17.2. The highest BCUT2D eigenvalue weighted by molar-refractivity contribution is 5.07. The summed E-state index contributed by atoms with van der Waals surface area (Å²) in [6.45, 7) is -13.7. The van der Waals surface area contributed by atoms with Crippen LogP contribution < -0.4 is 0 Å². The van der Waals surface area contributed by atoms with Gasteiger partial charge in [-0.1, -0.05) is 0 Å². The monoisotopic (exact) mass is 972 g/mol. The molecular formula is C36H60O30. The summed E-state index contributed by atoms with van der Waals surface area (Å²) in [4.78, 5) is 0. The number of hydrogen-bond acceptors (Lipinski definition) is 30. The molecule has 7 heterocycles. The molecule has 30 nitrogen and oxygen atoms in total. The van der Waals surface area contributed by atoms with Crippen LogP contribution in [0.5, 0.6) is 0 Å². The molecule has 7 saturated heterocycles. The summed E-state index contributed by atoms with van der Waals surface area (Å²) >= 11 is 0. The molecule has 0 saturated carbocycles. The summed E-state index contributed by atoms with van der Waals surface area (Å²) < 4.78 is 70.6. The van der Waals surface area contributed by atoms with Crippen LogP contribution in [-0.2, 0) is 56.8 Å². The van der Waals surface area contributed by atoms with Crippen molar-refractivity contribution in [3.8, 4) is 0 Å². The molecule has 24 atom stereocenters. The molecule has 7 rings (SSSR count). The van der Waals surface area contributed by atoms with Gasteiger partial charge in [-0.05, 0) is 0 Å². The van der Waals surface area contributed by atoms with Crippen LogP contribution in [0.25, 0.3) is 0 Å². The first kappa shape index (κ1) is 52.6. The van der Waals surface area contributed by atoms with Crippen molar-refractivity contribution in [2.75, 3.05) is 79.3 Å². The van der Waals surface area contributed by atoms with E-state index in [0.717, 1.165) is 0 Å². The van der Waals surface area contributed by atoms with E-state index in [-0.39, 0.29) is 0 Å². The molecule has 0 amide bonds. The third-order valence-electron chi connectivity index (χ3n) is 13.2. The van der Waals surface area contributed by atoms with Gasteiger partial charge in [-0.25, -0.2) is 0 Å². The lowest BCUT2D eigenvalue weighted by molar-refractivity contribution is -0.401. The standard InChI is InChI=1S/C36H60O30/c37-1-13-19(43)25(49)31(61-13)7-56-33(27(51)21(45)15(3-39)63-33)9-58-35(29(53)23(47)17(5-41)65-35)11-60-36(30(54)24(48)18(6-42)66-36)12-59-34(28(52)22(46)16(4-40)64-34)10-57-32(8-55-31)26(50)20(44)14(2-38)62-32/h13-30,37-54H,1-12H2/t13-,14-,15-,16-,17-,18-,19-,20-,21-,22-,23-,24-,25+,26+,27+,28+,29+,30+,31-,32-,33-,34-,35-,36-/m1/s1. The van der Waals surface area contributed by atoms with E-state index < -0.39 is 224 Å². The van der Waals surface area contributed by atoms with Gasteiger partial charge in [-0.3, -0.25) is 0 Å². The van der Waals surface area contributed by atoms with Crippen LogP contribution in [0, 0.1) is 0 Å². The van der Waals surface area contributed by atoms with Gasteiger partial charge in [0.1, 0.15) is 150 Å². The van der Waals surface area contributed by atoms with Gasteiger partial charge in [-0.2, -0.15) is 0 Å². The third kappa shape index (κ3) is 8.62. The van der Waals surface area contributed by atoms with E-state index in [4.69, 9.17) is 56.8 Å². The van der Waals surface area contributed by atoms with Gasteiger partial charge in [0.2, 0.25) is 34.7 Å². The van der Waals surface area contributed by atoms with Crippen LogP contribution in [-0.4, -0.2) is 316 Å². The Bertz CT molecular complexity index is 1290. The molecule has 0 radical (unpaired) electrons. The topological polar surface area (TPSA) is 475 Å². The molecule has 0 aromatic heterocycles. The Balaban J connectivity index is 1.37. The van der Waals surface area contributed by atoms with Gasteiger partial charge in [0.15, 0.2) is 0 Å². The fourth-order valence-corrected chi connectivity index (χ4v) is 9.05. The highest BCUT2D eigenvalue weighted by Gasteiger charge is 2.67. The summed E-state index contributed by atoms with van der Waals surface area (Å²) in [5, 5.41) is 195. The highest BCUT2D eigenvalue weighted by Crippen LogP contribution is 2.46. The van der Waals surface area contributed by atoms with Crippen molar-refractivity contribution in [1.82, 2.24) is 0 Å². The van der Waals surface area contributed by atoms with Gasteiger partial charge in [-0.15, -0.1) is 0 Å². The van der Waals surface area contributed by atoms with Crippen molar-refractivity contribution in [1.29, 1.82) is 0 Å². The second-order valence-corrected chi connectivity index (χ2v) is 17.2. The number of hydrogen-bond donors (Lipinski definition) is 18. The van der Waals surface area contributed by atoms with Crippen molar-refractivity contribution in [2.24, 2.45) is 0 Å². The maximum atomic E-state index is 11.5. The first-order valence-electron chi connectivity index (χ1n) is 20.9. The maximum Gasteiger partial charge on any atom is 0.222 e. The van der Waals surface area contributed by atoms with Crippen LogP contribution in [0.2, 0.25) is 0 Å². The van der Waals surface area contributed by atoms with Gasteiger partial charge in [0.05, 0.1) is 39.6 Å². The van der Waals surface area contributed by atoms with E-state index in [1.165, 1.54) is 0 Å². The molecule has 18 N–H and O–H groups in total. The van der Waals surface area contributed by atoms with Crippen LogP contribution in [0.4, 0.5) is 0 Å². The smallest absolute Gasteiger partial charge is 0.222 e. The maximum absolute atomic E-state index is 11.5. The Hall–Kier alpha value is -1.20. The van der Waals surface area contributed by atoms with Crippen molar-refractivity contribution in [3.05, 3.63) is 0 Å². The zero-order valence-electron chi connectivity index (χ0n) is 34.8. The van der Waals surface area contributed by atoms with Crippen LogP contribution in [0.15, 0.2) is 0 Å². The van der Waals surface area contributed by atoms with E-state index in [0.29, 0.717) is 0 Å². The van der Waals surface area contributed by atoms with Gasteiger partial charge < -0.3 is 149 Å². The Morgan fingerprint density at radius 2 is 0.364 bits per heavy atom. The lowest BCUT2D eigenvalue weighted by atomic mass is 10.0. The molecule has 0 aliphatic carbocycles. The van der Waals surface area contributed by atoms with E-state index >= 15 is 0 Å². The van der Waals surface area contributed by atoms with Crippen molar-refractivity contribution in [3.63, 3.8) is 0 Å². The summed E-state index contributed by atoms with van der Waals surface area (Å²) in [5.41, 5.74) is 0. The number of rotatable bonds is 6. The molecule has 0 aromatic rings. The molecule has 6 spiro atoms. The van der Waals surface area contributed by atoms with E-state index in [1.54, 1.807) is 0 Å². The number of aliphatic hydroxyl groups is 18. The average molecular weight is 973 g/mol. The fraction of sp³-hybridized carbons (Fsp3) is 1.00. The van der Waals surface area contributed by atoms with E-state index in [1.807, 2.05) is 0 Å². The lowest BCUT2D eigenvalue weighted by Crippen LogP contribution is -2.62. The molecule has 7 fully saturated rings. The van der Waals surface area contributed by atoms with Crippen LogP contribution in [0.1, 0.15) is 0 Å². The summed E-state index contributed by atoms with van der Waals surface area (Å²) in [5.74, 6) is -16.9. The fourth-order valence-electron chi connectivity index (χ4n) is 9.05. The second kappa shape index (κ2) is 19.8. The molecule has 66 heavy (non-hydrogen) atoms. The highest BCUT2D eigenvalue weighted by atomic mass is 16.8. The normalized spacial score (nSPS) is 55.4. The van der Waals surface area contributed by atoms with Crippen LogP contribution >= 0.6 is 0 Å². The van der Waals surface area contributed by atoms with Crippen molar-refractivity contribution >= 4 is 0 Å². The first-order valence-corrected chi connectivity index (χ1v) is 20.9.